The molecule has 2 aromatic carbocycles. The van der Waals surface area contributed by atoms with Gasteiger partial charge >= 0.3 is 0 Å². The van der Waals surface area contributed by atoms with Gasteiger partial charge in [-0.3, -0.25) is 14.9 Å². The summed E-state index contributed by atoms with van der Waals surface area (Å²) in [6.07, 6.45) is -0.922. The summed E-state index contributed by atoms with van der Waals surface area (Å²) in [4.78, 5) is 21.8. The molecular formula is C18H18N2O8. The Morgan fingerprint density at radius 2 is 1.86 bits per heavy atom. The van der Waals surface area contributed by atoms with Crippen molar-refractivity contribution in [3.8, 4) is 23.0 Å². The molecule has 2 aromatic rings. The van der Waals surface area contributed by atoms with E-state index in [1.165, 1.54) is 24.3 Å². The van der Waals surface area contributed by atoms with Crippen molar-refractivity contribution in [1.82, 2.24) is 5.32 Å². The Kier molecular flexibility index (Phi) is 6.12. The number of aliphatic hydroxyl groups is 1. The lowest BCUT2D eigenvalue weighted by Crippen LogP contribution is -2.37. The average molecular weight is 390 g/mol. The lowest BCUT2D eigenvalue weighted by Gasteiger charge is -2.14. The van der Waals surface area contributed by atoms with Gasteiger partial charge in [-0.15, -0.1) is 0 Å². The summed E-state index contributed by atoms with van der Waals surface area (Å²) in [5, 5.41) is 23.0. The molecular weight excluding hydrogens is 372 g/mol. The van der Waals surface area contributed by atoms with Gasteiger partial charge in [0.2, 0.25) is 6.79 Å². The quantitative estimate of drug-likeness (QED) is 0.484. The Labute approximate surface area is 159 Å². The first-order chi connectivity index (χ1) is 13.5. The van der Waals surface area contributed by atoms with Gasteiger partial charge in [0, 0.05) is 24.7 Å². The largest absolute Gasteiger partial charge is 0.491 e. The Bertz CT molecular complexity index is 840. The number of nitrogens with one attached hydrogen (secondary N) is 1. The van der Waals surface area contributed by atoms with Crippen LogP contribution in [0.5, 0.6) is 23.0 Å². The van der Waals surface area contributed by atoms with Crippen LogP contribution in [0.15, 0.2) is 42.5 Å². The van der Waals surface area contributed by atoms with Crippen LogP contribution >= 0.6 is 0 Å². The second-order valence-electron chi connectivity index (χ2n) is 5.82. The third-order valence-electron chi connectivity index (χ3n) is 3.74. The minimum Gasteiger partial charge on any atom is -0.491 e. The molecule has 1 unspecified atom stereocenters. The molecule has 2 N–H and O–H groups in total. The number of ether oxygens (including phenoxy) is 4. The zero-order chi connectivity index (χ0) is 19.9. The monoisotopic (exact) mass is 390 g/mol. The summed E-state index contributed by atoms with van der Waals surface area (Å²) in [5.41, 5.74) is -0.0672. The molecule has 1 amide bonds. The Balaban J connectivity index is 1.35. The maximum Gasteiger partial charge on any atom is 0.269 e. The molecule has 0 saturated carbocycles. The van der Waals surface area contributed by atoms with Gasteiger partial charge in [-0.25, -0.2) is 0 Å². The molecule has 0 radical (unpaired) electrons. The summed E-state index contributed by atoms with van der Waals surface area (Å²) in [6.45, 7) is -0.168. The van der Waals surface area contributed by atoms with Crippen LogP contribution in [-0.4, -0.2) is 48.6 Å². The van der Waals surface area contributed by atoms with E-state index in [2.05, 4.69) is 5.32 Å². The molecule has 148 valence electrons. The van der Waals surface area contributed by atoms with Gasteiger partial charge < -0.3 is 29.4 Å². The highest BCUT2D eigenvalue weighted by atomic mass is 16.7. The first kappa shape index (κ1) is 19.2. The van der Waals surface area contributed by atoms with E-state index < -0.39 is 16.9 Å². The summed E-state index contributed by atoms with van der Waals surface area (Å²) in [6, 6.07) is 10.4. The van der Waals surface area contributed by atoms with Crippen molar-refractivity contribution in [3.05, 3.63) is 52.6 Å². The second kappa shape index (κ2) is 8.91. The summed E-state index contributed by atoms with van der Waals surface area (Å²) in [7, 11) is 0. The average Bonchev–Trinajstić information content (AvgIpc) is 3.17. The van der Waals surface area contributed by atoms with Crippen LogP contribution in [0.1, 0.15) is 0 Å². The first-order valence-corrected chi connectivity index (χ1v) is 8.36. The minimum atomic E-state index is -0.922. The normalized spacial score (nSPS) is 12.9. The summed E-state index contributed by atoms with van der Waals surface area (Å²) in [5.74, 6) is 1.60. The maximum absolute atomic E-state index is 11.8. The number of amides is 1. The number of aliphatic hydroxyl groups excluding tert-OH is 1. The number of non-ortho nitro benzene ring substituents is 1. The second-order valence-corrected chi connectivity index (χ2v) is 5.82. The molecule has 10 nitrogen and oxygen atoms in total. The topological polar surface area (TPSA) is 129 Å². The number of nitro groups is 1. The number of benzene rings is 2. The van der Waals surface area contributed by atoms with Gasteiger partial charge in [0.05, 0.1) is 4.92 Å². The number of carbonyl (C=O) groups is 1. The van der Waals surface area contributed by atoms with Crippen molar-refractivity contribution in [2.24, 2.45) is 0 Å². The highest BCUT2D eigenvalue weighted by molar-refractivity contribution is 5.77. The van der Waals surface area contributed by atoms with Crippen LogP contribution in [0, 0.1) is 10.1 Å². The van der Waals surface area contributed by atoms with Crippen molar-refractivity contribution in [2.75, 3.05) is 26.6 Å². The van der Waals surface area contributed by atoms with Crippen molar-refractivity contribution >= 4 is 11.6 Å². The smallest absolute Gasteiger partial charge is 0.269 e. The molecule has 28 heavy (non-hydrogen) atoms. The van der Waals surface area contributed by atoms with E-state index in [1.807, 2.05) is 0 Å². The zero-order valence-corrected chi connectivity index (χ0v) is 14.7. The number of hydrogen-bond acceptors (Lipinski definition) is 8. The first-order valence-electron chi connectivity index (χ1n) is 8.36. The minimum absolute atomic E-state index is 0.0208. The molecule has 0 aromatic heterocycles. The van der Waals surface area contributed by atoms with E-state index in [0.717, 1.165) is 0 Å². The van der Waals surface area contributed by atoms with Crippen LogP contribution in [0.25, 0.3) is 0 Å². The van der Waals surface area contributed by atoms with Gasteiger partial charge in [0.1, 0.15) is 24.2 Å². The molecule has 0 spiro atoms. The van der Waals surface area contributed by atoms with E-state index in [1.54, 1.807) is 18.2 Å². The van der Waals surface area contributed by atoms with E-state index >= 15 is 0 Å². The van der Waals surface area contributed by atoms with Crippen molar-refractivity contribution in [3.63, 3.8) is 0 Å². The van der Waals surface area contributed by atoms with Gasteiger partial charge in [-0.1, -0.05) is 0 Å². The van der Waals surface area contributed by atoms with Gasteiger partial charge in [0.25, 0.3) is 11.6 Å². The van der Waals surface area contributed by atoms with Crippen LogP contribution < -0.4 is 24.3 Å². The molecule has 0 fully saturated rings. The van der Waals surface area contributed by atoms with Crippen LogP contribution in [0.4, 0.5) is 5.69 Å². The summed E-state index contributed by atoms with van der Waals surface area (Å²) < 4.78 is 21.1. The fraction of sp³-hybridized carbons (Fsp3) is 0.278. The van der Waals surface area contributed by atoms with E-state index in [-0.39, 0.29) is 32.2 Å². The Morgan fingerprint density at radius 1 is 1.14 bits per heavy atom. The highest BCUT2D eigenvalue weighted by Gasteiger charge is 2.15. The van der Waals surface area contributed by atoms with Gasteiger partial charge in [0.15, 0.2) is 18.1 Å². The molecule has 1 heterocycles. The number of nitro benzene ring substituents is 1. The molecule has 1 aliphatic rings. The maximum atomic E-state index is 11.8. The molecule has 0 saturated heterocycles. The standard InChI is InChI=1S/C18H18N2O8/c21-13(9-25-15-5-6-16-17(7-15)28-11-27-16)8-19-18(22)10-26-14-3-1-12(2-4-14)20(23)24/h1-7,13,21H,8-11H2,(H,19,22). The molecule has 0 aliphatic carbocycles. The lowest BCUT2D eigenvalue weighted by atomic mass is 10.3. The Morgan fingerprint density at radius 3 is 2.61 bits per heavy atom. The number of hydrogen-bond donors (Lipinski definition) is 2. The highest BCUT2D eigenvalue weighted by Crippen LogP contribution is 2.35. The number of nitrogens with zero attached hydrogens (tertiary/aromatic N) is 1. The van der Waals surface area contributed by atoms with Crippen molar-refractivity contribution in [1.29, 1.82) is 0 Å². The van der Waals surface area contributed by atoms with Crippen LogP contribution in [0.3, 0.4) is 0 Å². The molecule has 10 heteroatoms. The number of rotatable bonds is 9. The number of carbonyl (C=O) groups excluding carboxylic acids is 1. The molecule has 0 bridgehead atoms. The predicted octanol–water partition coefficient (Wildman–Crippen LogP) is 1.26. The van der Waals surface area contributed by atoms with E-state index in [9.17, 15) is 20.0 Å². The lowest BCUT2D eigenvalue weighted by molar-refractivity contribution is -0.384. The molecule has 3 rings (SSSR count). The Hall–Kier alpha value is -3.53. The summed E-state index contributed by atoms with van der Waals surface area (Å²) >= 11 is 0. The van der Waals surface area contributed by atoms with Gasteiger partial charge in [-0.2, -0.15) is 0 Å². The molecule has 1 aliphatic heterocycles. The fourth-order valence-electron chi connectivity index (χ4n) is 2.31. The fourth-order valence-corrected chi connectivity index (χ4v) is 2.31. The molecule has 1 atom stereocenters. The van der Waals surface area contributed by atoms with E-state index in [0.29, 0.717) is 23.0 Å². The third kappa shape index (κ3) is 5.24. The zero-order valence-electron chi connectivity index (χ0n) is 14.7. The predicted molar refractivity (Wildman–Crippen MR) is 95.7 cm³/mol. The van der Waals surface area contributed by atoms with Crippen LogP contribution in [0.2, 0.25) is 0 Å². The van der Waals surface area contributed by atoms with Crippen LogP contribution in [-0.2, 0) is 4.79 Å². The van der Waals surface area contributed by atoms with Gasteiger partial charge in [-0.05, 0) is 24.3 Å². The van der Waals surface area contributed by atoms with Crippen molar-refractivity contribution < 1.29 is 33.8 Å². The third-order valence-corrected chi connectivity index (χ3v) is 3.74. The van der Waals surface area contributed by atoms with E-state index in [4.69, 9.17) is 18.9 Å². The van der Waals surface area contributed by atoms with Crippen molar-refractivity contribution in [2.45, 2.75) is 6.10 Å². The number of fused-ring (bicyclic) bond motifs is 1. The SMILES string of the molecule is O=C(COc1ccc([N+](=O)[O-])cc1)NCC(O)COc1ccc2c(c1)OCO2.